The molecule has 0 fully saturated rings. The standard InChI is InChI=1S/C27H30N2O3/c1-4-25(32-22-17-19(2)16-20(3)18-22)27(31)29-24-13-9-8-12-23(24)26(30)28-15-14-21-10-6-5-7-11-21/h5-13,16-18,25H,4,14-15H2,1-3H3,(H,28,30)(H,29,31). The van der Waals surface area contributed by atoms with E-state index in [1.807, 2.05) is 63.2 Å². The van der Waals surface area contributed by atoms with Crippen LogP contribution in [0.25, 0.3) is 0 Å². The number of para-hydroxylation sites is 1. The Morgan fingerprint density at radius 1 is 0.906 bits per heavy atom. The smallest absolute Gasteiger partial charge is 0.265 e. The molecule has 1 atom stereocenters. The normalized spacial score (nSPS) is 11.5. The van der Waals surface area contributed by atoms with Crippen molar-refractivity contribution in [3.8, 4) is 5.75 Å². The van der Waals surface area contributed by atoms with Crippen molar-refractivity contribution >= 4 is 17.5 Å². The number of nitrogens with one attached hydrogen (secondary N) is 2. The first-order valence-corrected chi connectivity index (χ1v) is 10.9. The van der Waals surface area contributed by atoms with Crippen molar-refractivity contribution in [2.24, 2.45) is 0 Å². The van der Waals surface area contributed by atoms with Crippen LogP contribution in [-0.2, 0) is 11.2 Å². The Morgan fingerprint density at radius 3 is 2.25 bits per heavy atom. The molecule has 2 amide bonds. The summed E-state index contributed by atoms with van der Waals surface area (Å²) in [6, 6.07) is 22.9. The van der Waals surface area contributed by atoms with Crippen molar-refractivity contribution in [3.63, 3.8) is 0 Å². The number of rotatable bonds is 9. The second kappa shape index (κ2) is 11.1. The Morgan fingerprint density at radius 2 is 1.56 bits per heavy atom. The third kappa shape index (κ3) is 6.45. The molecule has 0 radical (unpaired) electrons. The molecule has 3 rings (SSSR count). The highest BCUT2D eigenvalue weighted by Gasteiger charge is 2.21. The minimum Gasteiger partial charge on any atom is -0.481 e. The number of benzene rings is 3. The number of hydrogen-bond acceptors (Lipinski definition) is 3. The molecule has 2 N–H and O–H groups in total. The molecule has 0 aromatic heterocycles. The third-order valence-corrected chi connectivity index (χ3v) is 5.11. The third-order valence-electron chi connectivity index (χ3n) is 5.11. The average Bonchev–Trinajstić information content (AvgIpc) is 2.77. The van der Waals surface area contributed by atoms with Crippen LogP contribution >= 0.6 is 0 Å². The molecule has 0 bridgehead atoms. The van der Waals surface area contributed by atoms with E-state index in [2.05, 4.69) is 16.7 Å². The highest BCUT2D eigenvalue weighted by Crippen LogP contribution is 2.20. The predicted octanol–water partition coefficient (Wildman–Crippen LogP) is 5.07. The minimum absolute atomic E-state index is 0.222. The Labute approximate surface area is 189 Å². The lowest BCUT2D eigenvalue weighted by atomic mass is 10.1. The molecule has 0 aliphatic rings. The number of hydrogen-bond donors (Lipinski definition) is 2. The van der Waals surface area contributed by atoms with Gasteiger partial charge in [-0.05, 0) is 67.6 Å². The molecule has 3 aromatic carbocycles. The second-order valence-corrected chi connectivity index (χ2v) is 7.86. The van der Waals surface area contributed by atoms with Crippen LogP contribution < -0.4 is 15.4 Å². The fraction of sp³-hybridized carbons (Fsp3) is 0.259. The maximum Gasteiger partial charge on any atom is 0.265 e. The van der Waals surface area contributed by atoms with Gasteiger partial charge < -0.3 is 15.4 Å². The number of carbonyl (C=O) groups excluding carboxylic acids is 2. The van der Waals surface area contributed by atoms with Crippen molar-refractivity contribution in [3.05, 3.63) is 95.1 Å². The molecule has 0 aliphatic carbocycles. The van der Waals surface area contributed by atoms with E-state index in [0.717, 1.165) is 23.1 Å². The summed E-state index contributed by atoms with van der Waals surface area (Å²) in [5.74, 6) is 0.160. The number of amides is 2. The van der Waals surface area contributed by atoms with Crippen LogP contribution in [0.15, 0.2) is 72.8 Å². The summed E-state index contributed by atoms with van der Waals surface area (Å²) in [6.45, 7) is 6.40. The summed E-state index contributed by atoms with van der Waals surface area (Å²) in [4.78, 5) is 25.7. The molecule has 166 valence electrons. The van der Waals surface area contributed by atoms with E-state index < -0.39 is 6.10 Å². The molecular weight excluding hydrogens is 400 g/mol. The van der Waals surface area contributed by atoms with E-state index in [-0.39, 0.29) is 11.8 Å². The van der Waals surface area contributed by atoms with Crippen molar-refractivity contribution in [2.75, 3.05) is 11.9 Å². The van der Waals surface area contributed by atoms with Crippen molar-refractivity contribution < 1.29 is 14.3 Å². The van der Waals surface area contributed by atoms with Crippen molar-refractivity contribution in [1.29, 1.82) is 0 Å². The van der Waals surface area contributed by atoms with Gasteiger partial charge in [0.2, 0.25) is 0 Å². The Kier molecular flexibility index (Phi) is 8.03. The number of ether oxygens (including phenoxy) is 1. The number of anilines is 1. The first kappa shape index (κ1) is 23.1. The fourth-order valence-corrected chi connectivity index (χ4v) is 3.55. The molecule has 0 spiro atoms. The summed E-state index contributed by atoms with van der Waals surface area (Å²) in [5, 5.41) is 5.81. The Bertz CT molecular complexity index is 1040. The van der Waals surface area contributed by atoms with E-state index in [4.69, 9.17) is 4.74 Å². The zero-order valence-corrected chi connectivity index (χ0v) is 18.9. The largest absolute Gasteiger partial charge is 0.481 e. The van der Waals surface area contributed by atoms with Crippen molar-refractivity contribution in [1.82, 2.24) is 5.32 Å². The highest BCUT2D eigenvalue weighted by atomic mass is 16.5. The summed E-state index contributed by atoms with van der Waals surface area (Å²) in [5.41, 5.74) is 4.21. The molecule has 5 heteroatoms. The average molecular weight is 431 g/mol. The van der Waals surface area contributed by atoms with Crippen molar-refractivity contribution in [2.45, 2.75) is 39.7 Å². The van der Waals surface area contributed by atoms with Crippen LogP contribution in [0, 0.1) is 13.8 Å². The van der Waals surface area contributed by atoms with Gasteiger partial charge in [0.05, 0.1) is 11.3 Å². The van der Waals surface area contributed by atoms with Gasteiger partial charge >= 0.3 is 0 Å². The first-order valence-electron chi connectivity index (χ1n) is 10.9. The quantitative estimate of drug-likeness (QED) is 0.498. The van der Waals surface area contributed by atoms with Crippen LogP contribution in [0.4, 0.5) is 5.69 Å². The van der Waals surface area contributed by atoms with E-state index in [0.29, 0.717) is 30.0 Å². The van der Waals surface area contributed by atoms with Gasteiger partial charge in [-0.2, -0.15) is 0 Å². The van der Waals surface area contributed by atoms with Gasteiger partial charge in [-0.1, -0.05) is 55.5 Å². The summed E-state index contributed by atoms with van der Waals surface area (Å²) in [7, 11) is 0. The molecule has 1 unspecified atom stereocenters. The lowest BCUT2D eigenvalue weighted by Gasteiger charge is -2.19. The van der Waals surface area contributed by atoms with Gasteiger partial charge in [-0.3, -0.25) is 9.59 Å². The minimum atomic E-state index is -0.662. The fourth-order valence-electron chi connectivity index (χ4n) is 3.55. The Balaban J connectivity index is 1.64. The topological polar surface area (TPSA) is 67.4 Å². The lowest BCUT2D eigenvalue weighted by Crippen LogP contribution is -2.33. The van der Waals surface area contributed by atoms with Crippen LogP contribution in [0.5, 0.6) is 5.75 Å². The zero-order valence-electron chi connectivity index (χ0n) is 18.9. The number of carbonyl (C=O) groups is 2. The van der Waals surface area contributed by atoms with Crippen LogP contribution in [0.2, 0.25) is 0 Å². The molecule has 0 aliphatic heterocycles. The SMILES string of the molecule is CCC(Oc1cc(C)cc(C)c1)C(=O)Nc1ccccc1C(=O)NCCc1ccccc1. The Hall–Kier alpha value is -3.60. The van der Waals surface area contributed by atoms with Crippen LogP contribution in [0.3, 0.4) is 0 Å². The molecule has 0 saturated heterocycles. The van der Waals surface area contributed by atoms with Gasteiger partial charge in [0.15, 0.2) is 6.10 Å². The van der Waals surface area contributed by atoms with E-state index >= 15 is 0 Å². The van der Waals surface area contributed by atoms with E-state index in [1.54, 1.807) is 24.3 Å². The maximum atomic E-state index is 12.9. The van der Waals surface area contributed by atoms with E-state index in [1.165, 1.54) is 0 Å². The molecule has 5 nitrogen and oxygen atoms in total. The molecule has 32 heavy (non-hydrogen) atoms. The highest BCUT2D eigenvalue weighted by molar-refractivity contribution is 6.04. The summed E-state index contributed by atoms with van der Waals surface area (Å²) < 4.78 is 5.96. The van der Waals surface area contributed by atoms with Gasteiger partial charge in [0.25, 0.3) is 11.8 Å². The first-order chi connectivity index (χ1) is 15.5. The van der Waals surface area contributed by atoms with Crippen LogP contribution in [0.1, 0.15) is 40.4 Å². The van der Waals surface area contributed by atoms with Gasteiger partial charge in [-0.25, -0.2) is 0 Å². The summed E-state index contributed by atoms with van der Waals surface area (Å²) >= 11 is 0. The van der Waals surface area contributed by atoms with Gasteiger partial charge in [0.1, 0.15) is 5.75 Å². The molecule has 0 heterocycles. The monoisotopic (exact) mass is 430 g/mol. The molecular formula is C27H30N2O3. The maximum absolute atomic E-state index is 12.9. The van der Waals surface area contributed by atoms with Crippen LogP contribution in [-0.4, -0.2) is 24.5 Å². The lowest BCUT2D eigenvalue weighted by molar-refractivity contribution is -0.122. The second-order valence-electron chi connectivity index (χ2n) is 7.86. The number of aryl methyl sites for hydroxylation is 2. The van der Waals surface area contributed by atoms with E-state index in [9.17, 15) is 9.59 Å². The molecule has 0 saturated carbocycles. The molecule has 3 aromatic rings. The van der Waals surface area contributed by atoms with Gasteiger partial charge in [-0.15, -0.1) is 0 Å². The predicted molar refractivity (Wildman–Crippen MR) is 128 cm³/mol. The zero-order chi connectivity index (χ0) is 22.9. The summed E-state index contributed by atoms with van der Waals surface area (Å²) in [6.07, 6.45) is 0.581. The van der Waals surface area contributed by atoms with Gasteiger partial charge in [0, 0.05) is 6.54 Å².